The maximum atomic E-state index is 8.75. The van der Waals surface area contributed by atoms with Crippen LogP contribution in [0.3, 0.4) is 0 Å². The van der Waals surface area contributed by atoms with Crippen LogP contribution in [0.1, 0.15) is 11.3 Å². The number of nitrogens with zero attached hydrogens (tertiary/aromatic N) is 1. The summed E-state index contributed by atoms with van der Waals surface area (Å²) in [6, 6.07) is 5.90. The number of ether oxygens (including phenoxy) is 1. The van der Waals surface area contributed by atoms with Gasteiger partial charge in [-0.05, 0) is 40.5 Å². The van der Waals surface area contributed by atoms with Crippen LogP contribution in [0.25, 0.3) is 11.0 Å². The minimum Gasteiger partial charge on any atom is -0.493 e. The first-order valence-corrected chi connectivity index (χ1v) is 5.59. The van der Waals surface area contributed by atoms with E-state index in [4.69, 9.17) is 14.4 Å². The Labute approximate surface area is 102 Å². The molecule has 0 unspecified atom stereocenters. The van der Waals surface area contributed by atoms with Gasteiger partial charge in [-0.15, -0.1) is 0 Å². The summed E-state index contributed by atoms with van der Waals surface area (Å²) in [6.45, 7) is 1.88. The molecule has 0 aliphatic rings. The van der Waals surface area contributed by atoms with Gasteiger partial charge >= 0.3 is 0 Å². The number of hydrogen-bond donors (Lipinski definition) is 0. The fraction of sp³-hybridized carbons (Fsp3) is 0.250. The van der Waals surface area contributed by atoms with E-state index in [2.05, 4.69) is 22.0 Å². The summed E-state index contributed by atoms with van der Waals surface area (Å²) in [4.78, 5) is 0. The number of nitriles is 1. The number of halogens is 1. The lowest BCUT2D eigenvalue weighted by Crippen LogP contribution is -1.89. The van der Waals surface area contributed by atoms with Crippen molar-refractivity contribution in [3.63, 3.8) is 0 Å². The molecule has 16 heavy (non-hydrogen) atoms. The molecule has 0 atom stereocenters. The maximum Gasteiger partial charge on any atom is 0.177 e. The van der Waals surface area contributed by atoms with E-state index in [1.807, 2.05) is 19.1 Å². The van der Waals surface area contributed by atoms with Gasteiger partial charge < -0.3 is 9.15 Å². The van der Waals surface area contributed by atoms with Crippen molar-refractivity contribution in [3.05, 3.63) is 27.9 Å². The highest BCUT2D eigenvalue weighted by atomic mass is 79.9. The second-order valence-electron chi connectivity index (χ2n) is 3.49. The Morgan fingerprint density at radius 2 is 2.25 bits per heavy atom. The Balaban J connectivity index is 2.77. The Hall–Kier alpha value is -1.47. The zero-order valence-electron chi connectivity index (χ0n) is 9.00. The zero-order chi connectivity index (χ0) is 11.7. The lowest BCUT2D eigenvalue weighted by Gasteiger charge is -2.06. The third-order valence-electron chi connectivity index (χ3n) is 2.39. The molecular formula is C12H10BrNO2. The summed E-state index contributed by atoms with van der Waals surface area (Å²) in [5.41, 5.74) is 1.63. The average Bonchev–Trinajstić information content (AvgIpc) is 2.65. The molecule has 0 bridgehead atoms. The molecule has 0 aliphatic heterocycles. The van der Waals surface area contributed by atoms with E-state index in [-0.39, 0.29) is 0 Å². The first-order chi connectivity index (χ1) is 7.67. The van der Waals surface area contributed by atoms with Crippen molar-refractivity contribution in [2.75, 3.05) is 7.11 Å². The predicted molar refractivity (Wildman–Crippen MR) is 64.5 cm³/mol. The van der Waals surface area contributed by atoms with Gasteiger partial charge in [0.25, 0.3) is 0 Å². The lowest BCUT2D eigenvalue weighted by atomic mass is 10.1. The van der Waals surface area contributed by atoms with Gasteiger partial charge in [-0.2, -0.15) is 5.26 Å². The van der Waals surface area contributed by atoms with E-state index >= 15 is 0 Å². The van der Waals surface area contributed by atoms with Gasteiger partial charge in [0, 0.05) is 9.86 Å². The molecule has 4 heteroatoms. The predicted octanol–water partition coefficient (Wildman–Crippen LogP) is 3.58. The van der Waals surface area contributed by atoms with Crippen molar-refractivity contribution < 1.29 is 9.15 Å². The van der Waals surface area contributed by atoms with Crippen LogP contribution >= 0.6 is 15.9 Å². The first-order valence-electron chi connectivity index (χ1n) is 4.80. The van der Waals surface area contributed by atoms with Crippen molar-refractivity contribution in [2.45, 2.75) is 13.3 Å². The van der Waals surface area contributed by atoms with Crippen molar-refractivity contribution in [1.29, 1.82) is 5.26 Å². The molecule has 0 spiro atoms. The highest BCUT2D eigenvalue weighted by molar-refractivity contribution is 9.10. The normalized spacial score (nSPS) is 10.4. The highest BCUT2D eigenvalue weighted by Crippen LogP contribution is 2.37. The second kappa shape index (κ2) is 4.18. The van der Waals surface area contributed by atoms with Crippen LogP contribution in [0.15, 0.2) is 21.0 Å². The second-order valence-corrected chi connectivity index (χ2v) is 4.28. The van der Waals surface area contributed by atoms with E-state index in [1.54, 1.807) is 7.11 Å². The number of benzene rings is 1. The van der Waals surface area contributed by atoms with Crippen LogP contribution in [-0.2, 0) is 6.42 Å². The van der Waals surface area contributed by atoms with E-state index in [9.17, 15) is 0 Å². The molecule has 0 aliphatic carbocycles. The average molecular weight is 280 g/mol. The Kier molecular flexibility index (Phi) is 2.88. The molecule has 0 fully saturated rings. The van der Waals surface area contributed by atoms with Gasteiger partial charge in [0.1, 0.15) is 5.76 Å². The van der Waals surface area contributed by atoms with Crippen molar-refractivity contribution in [3.8, 4) is 11.8 Å². The van der Waals surface area contributed by atoms with Crippen LogP contribution in [0.4, 0.5) is 0 Å². The van der Waals surface area contributed by atoms with Gasteiger partial charge in [0.15, 0.2) is 11.3 Å². The molecule has 1 heterocycles. The number of hydrogen-bond acceptors (Lipinski definition) is 3. The number of rotatable bonds is 2. The zero-order valence-corrected chi connectivity index (χ0v) is 10.6. The molecule has 0 saturated carbocycles. The molecule has 2 aromatic rings. The minimum atomic E-state index is 0.344. The lowest BCUT2D eigenvalue weighted by molar-refractivity contribution is 0.408. The molecule has 0 saturated heterocycles. The Morgan fingerprint density at radius 3 is 2.88 bits per heavy atom. The maximum absolute atomic E-state index is 8.75. The Bertz CT molecular complexity index is 581. The quantitative estimate of drug-likeness (QED) is 0.844. The fourth-order valence-electron chi connectivity index (χ4n) is 1.69. The molecule has 3 nitrogen and oxygen atoms in total. The van der Waals surface area contributed by atoms with Crippen LogP contribution < -0.4 is 4.74 Å². The topological polar surface area (TPSA) is 46.2 Å². The van der Waals surface area contributed by atoms with Crippen LogP contribution in [-0.4, -0.2) is 7.11 Å². The summed E-state index contributed by atoms with van der Waals surface area (Å²) in [7, 11) is 1.59. The standard InChI is InChI=1S/C12H10BrNO2/c1-7-5-9-11(13)8(3-4-14)6-10(15-2)12(9)16-7/h5-6H,3H2,1-2H3. The summed E-state index contributed by atoms with van der Waals surface area (Å²) in [5, 5.41) is 9.70. The van der Waals surface area contributed by atoms with Crippen LogP contribution in [0, 0.1) is 18.3 Å². The highest BCUT2D eigenvalue weighted by Gasteiger charge is 2.14. The molecule has 0 amide bonds. The summed E-state index contributed by atoms with van der Waals surface area (Å²) in [5.74, 6) is 1.49. The third-order valence-corrected chi connectivity index (χ3v) is 3.33. The number of aryl methyl sites for hydroxylation is 1. The van der Waals surface area contributed by atoms with Gasteiger partial charge in [-0.25, -0.2) is 0 Å². The number of furan rings is 1. The van der Waals surface area contributed by atoms with Crippen LogP contribution in [0.2, 0.25) is 0 Å². The van der Waals surface area contributed by atoms with E-state index in [0.717, 1.165) is 21.2 Å². The molecule has 2 rings (SSSR count). The van der Waals surface area contributed by atoms with Gasteiger partial charge in [-0.3, -0.25) is 0 Å². The van der Waals surface area contributed by atoms with Crippen LogP contribution in [0.5, 0.6) is 5.75 Å². The Morgan fingerprint density at radius 1 is 1.50 bits per heavy atom. The molecule has 0 N–H and O–H groups in total. The molecule has 82 valence electrons. The summed E-state index contributed by atoms with van der Waals surface area (Å²) >= 11 is 3.49. The van der Waals surface area contributed by atoms with Gasteiger partial charge in [0.2, 0.25) is 0 Å². The van der Waals surface area contributed by atoms with E-state index in [0.29, 0.717) is 17.8 Å². The van der Waals surface area contributed by atoms with E-state index in [1.165, 1.54) is 0 Å². The van der Waals surface area contributed by atoms with Crippen molar-refractivity contribution >= 4 is 26.9 Å². The number of methoxy groups -OCH3 is 1. The smallest absolute Gasteiger partial charge is 0.177 e. The fourth-order valence-corrected chi connectivity index (χ4v) is 2.24. The number of fused-ring (bicyclic) bond motifs is 1. The van der Waals surface area contributed by atoms with Gasteiger partial charge in [0.05, 0.1) is 19.6 Å². The van der Waals surface area contributed by atoms with Crippen molar-refractivity contribution in [2.24, 2.45) is 0 Å². The largest absolute Gasteiger partial charge is 0.493 e. The van der Waals surface area contributed by atoms with Crippen molar-refractivity contribution in [1.82, 2.24) is 0 Å². The SMILES string of the molecule is COc1cc(CC#N)c(Br)c2cc(C)oc12. The first kappa shape index (κ1) is 11.0. The summed E-state index contributed by atoms with van der Waals surface area (Å²) < 4.78 is 11.7. The van der Waals surface area contributed by atoms with Gasteiger partial charge in [-0.1, -0.05) is 0 Å². The molecule has 1 aromatic carbocycles. The molecule has 1 aromatic heterocycles. The summed E-state index contributed by atoms with van der Waals surface area (Å²) in [6.07, 6.45) is 0.344. The third kappa shape index (κ3) is 1.68. The van der Waals surface area contributed by atoms with E-state index < -0.39 is 0 Å². The molecule has 0 radical (unpaired) electrons. The molecular weight excluding hydrogens is 270 g/mol. The minimum absolute atomic E-state index is 0.344. The monoisotopic (exact) mass is 279 g/mol.